The number of hydrogen-bond acceptors (Lipinski definition) is 3. The molecule has 2 saturated heterocycles. The maximum absolute atomic E-state index is 4.59. The fourth-order valence-corrected chi connectivity index (χ4v) is 3.43. The van der Waals surface area contributed by atoms with Gasteiger partial charge in [-0.2, -0.15) is 0 Å². The van der Waals surface area contributed by atoms with Crippen molar-refractivity contribution in [3.05, 3.63) is 23.9 Å². The van der Waals surface area contributed by atoms with Crippen LogP contribution < -0.4 is 10.2 Å². The summed E-state index contributed by atoms with van der Waals surface area (Å²) >= 11 is 0. The van der Waals surface area contributed by atoms with Gasteiger partial charge in [0.25, 0.3) is 0 Å². The summed E-state index contributed by atoms with van der Waals surface area (Å²) in [5, 5.41) is 3.58. The van der Waals surface area contributed by atoms with Gasteiger partial charge in [0.2, 0.25) is 0 Å². The molecule has 2 fully saturated rings. The normalized spacial score (nSPS) is 28.6. The van der Waals surface area contributed by atoms with Gasteiger partial charge in [-0.25, -0.2) is 4.98 Å². The smallest absolute Gasteiger partial charge is 0.128 e. The minimum absolute atomic E-state index is 0.503. The van der Waals surface area contributed by atoms with Crippen molar-refractivity contribution in [2.75, 3.05) is 31.1 Å². The zero-order chi connectivity index (χ0) is 12.4. The first kappa shape index (κ1) is 12.0. The molecule has 0 radical (unpaired) electrons. The quantitative estimate of drug-likeness (QED) is 0.823. The monoisotopic (exact) mass is 245 g/mol. The van der Waals surface area contributed by atoms with Crippen molar-refractivity contribution >= 4 is 5.82 Å². The summed E-state index contributed by atoms with van der Waals surface area (Å²) < 4.78 is 0. The van der Waals surface area contributed by atoms with Crippen molar-refractivity contribution in [3.63, 3.8) is 0 Å². The van der Waals surface area contributed by atoms with E-state index in [0.29, 0.717) is 5.41 Å². The van der Waals surface area contributed by atoms with Crippen molar-refractivity contribution in [1.29, 1.82) is 0 Å². The Bertz CT molecular complexity index is 387. The molecule has 3 heterocycles. The van der Waals surface area contributed by atoms with Crippen LogP contribution in [0, 0.1) is 12.3 Å². The van der Waals surface area contributed by atoms with E-state index in [9.17, 15) is 0 Å². The fraction of sp³-hybridized carbons (Fsp3) is 0.667. The van der Waals surface area contributed by atoms with Gasteiger partial charge < -0.3 is 10.2 Å². The van der Waals surface area contributed by atoms with Gasteiger partial charge in [-0.05, 0) is 50.8 Å². The fourth-order valence-electron chi connectivity index (χ4n) is 3.43. The first-order valence-corrected chi connectivity index (χ1v) is 7.16. The molecular weight excluding hydrogens is 222 g/mol. The summed E-state index contributed by atoms with van der Waals surface area (Å²) in [6.45, 7) is 6.83. The van der Waals surface area contributed by atoms with Crippen molar-refractivity contribution < 1.29 is 0 Å². The van der Waals surface area contributed by atoms with Crippen molar-refractivity contribution in [2.45, 2.75) is 32.6 Å². The molecule has 1 N–H and O–H groups in total. The number of anilines is 1. The Morgan fingerprint density at radius 3 is 2.89 bits per heavy atom. The largest absolute Gasteiger partial charge is 0.356 e. The molecule has 0 aliphatic carbocycles. The zero-order valence-corrected chi connectivity index (χ0v) is 11.3. The lowest BCUT2D eigenvalue weighted by Gasteiger charge is -2.45. The molecule has 2 aliphatic heterocycles. The second-order valence-electron chi connectivity index (χ2n) is 6.00. The van der Waals surface area contributed by atoms with E-state index in [4.69, 9.17) is 0 Å². The minimum Gasteiger partial charge on any atom is -0.356 e. The number of hydrogen-bond donors (Lipinski definition) is 1. The molecule has 0 bridgehead atoms. The van der Waals surface area contributed by atoms with Crippen LogP contribution in [-0.2, 0) is 0 Å². The van der Waals surface area contributed by atoms with Gasteiger partial charge >= 0.3 is 0 Å². The Kier molecular flexibility index (Phi) is 3.25. The molecule has 1 spiro atoms. The molecule has 0 saturated carbocycles. The third-order valence-electron chi connectivity index (χ3n) is 4.44. The molecule has 1 aromatic rings. The lowest BCUT2D eigenvalue weighted by molar-refractivity contribution is 0.173. The van der Waals surface area contributed by atoms with Crippen LogP contribution in [0.15, 0.2) is 18.3 Å². The van der Waals surface area contributed by atoms with E-state index < -0.39 is 0 Å². The van der Waals surface area contributed by atoms with E-state index in [1.807, 2.05) is 6.20 Å². The lowest BCUT2D eigenvalue weighted by Crippen LogP contribution is -2.51. The summed E-state index contributed by atoms with van der Waals surface area (Å²) in [5.74, 6) is 1.16. The third kappa shape index (κ3) is 2.37. The summed E-state index contributed by atoms with van der Waals surface area (Å²) in [6, 6.07) is 4.34. The Balaban J connectivity index is 1.75. The van der Waals surface area contributed by atoms with Gasteiger partial charge in [0.05, 0.1) is 0 Å². The Hall–Kier alpha value is -1.09. The number of rotatable bonds is 1. The first-order valence-electron chi connectivity index (χ1n) is 7.16. The Labute approximate surface area is 110 Å². The average Bonchev–Trinajstić information content (AvgIpc) is 2.40. The molecule has 1 aromatic heterocycles. The van der Waals surface area contributed by atoms with E-state index in [-0.39, 0.29) is 0 Å². The molecule has 18 heavy (non-hydrogen) atoms. The van der Waals surface area contributed by atoms with Crippen LogP contribution in [0.1, 0.15) is 31.2 Å². The van der Waals surface area contributed by atoms with Crippen molar-refractivity contribution in [2.24, 2.45) is 5.41 Å². The average molecular weight is 245 g/mol. The van der Waals surface area contributed by atoms with Gasteiger partial charge in [0, 0.05) is 31.2 Å². The van der Waals surface area contributed by atoms with Gasteiger partial charge in [-0.15, -0.1) is 0 Å². The number of aromatic nitrogens is 1. The SMILES string of the molecule is Cc1ccc(N2CCCC3(CCCNC3)C2)nc1. The number of nitrogens with zero attached hydrogens (tertiary/aromatic N) is 2. The molecular formula is C15H23N3. The predicted molar refractivity (Wildman–Crippen MR) is 75.0 cm³/mol. The standard InChI is InChI=1S/C15H23N3/c1-13-4-5-14(17-10-13)18-9-3-7-15(12-18)6-2-8-16-11-15/h4-5,10,16H,2-3,6-9,11-12H2,1H3. The van der Waals surface area contributed by atoms with Crippen molar-refractivity contribution in [3.8, 4) is 0 Å². The topological polar surface area (TPSA) is 28.2 Å². The summed E-state index contributed by atoms with van der Waals surface area (Å²) in [4.78, 5) is 7.07. The van der Waals surface area contributed by atoms with Crippen LogP contribution >= 0.6 is 0 Å². The molecule has 0 aromatic carbocycles. The van der Waals surface area contributed by atoms with E-state index in [0.717, 1.165) is 12.4 Å². The highest BCUT2D eigenvalue weighted by Crippen LogP contribution is 2.37. The van der Waals surface area contributed by atoms with Gasteiger partial charge in [-0.3, -0.25) is 0 Å². The maximum atomic E-state index is 4.59. The molecule has 98 valence electrons. The highest BCUT2D eigenvalue weighted by Gasteiger charge is 2.36. The van der Waals surface area contributed by atoms with E-state index >= 15 is 0 Å². The number of nitrogens with one attached hydrogen (secondary N) is 1. The van der Waals surface area contributed by atoms with Crippen molar-refractivity contribution in [1.82, 2.24) is 10.3 Å². The third-order valence-corrected chi connectivity index (χ3v) is 4.44. The van der Waals surface area contributed by atoms with Crippen LogP contribution in [0.4, 0.5) is 5.82 Å². The number of pyridine rings is 1. The predicted octanol–water partition coefficient (Wildman–Crippen LogP) is 2.36. The highest BCUT2D eigenvalue weighted by molar-refractivity contribution is 5.40. The molecule has 3 heteroatoms. The Morgan fingerprint density at radius 1 is 1.28 bits per heavy atom. The van der Waals surface area contributed by atoms with Crippen LogP contribution in [0.25, 0.3) is 0 Å². The van der Waals surface area contributed by atoms with E-state index in [1.165, 1.54) is 50.9 Å². The molecule has 3 nitrogen and oxygen atoms in total. The molecule has 0 amide bonds. The Morgan fingerprint density at radius 2 is 2.17 bits per heavy atom. The van der Waals surface area contributed by atoms with E-state index in [2.05, 4.69) is 34.3 Å². The van der Waals surface area contributed by atoms with Crippen LogP contribution in [0.5, 0.6) is 0 Å². The molecule has 1 unspecified atom stereocenters. The molecule has 3 rings (SSSR count). The van der Waals surface area contributed by atoms with Crippen LogP contribution in [0.3, 0.4) is 0 Å². The summed E-state index contributed by atoms with van der Waals surface area (Å²) in [5.41, 5.74) is 1.74. The van der Waals surface area contributed by atoms with Gasteiger partial charge in [-0.1, -0.05) is 6.07 Å². The second-order valence-corrected chi connectivity index (χ2v) is 6.00. The van der Waals surface area contributed by atoms with Gasteiger partial charge in [0.15, 0.2) is 0 Å². The van der Waals surface area contributed by atoms with Crippen LogP contribution in [0.2, 0.25) is 0 Å². The number of piperidine rings is 2. The van der Waals surface area contributed by atoms with E-state index in [1.54, 1.807) is 0 Å². The summed E-state index contributed by atoms with van der Waals surface area (Å²) in [7, 11) is 0. The second kappa shape index (κ2) is 4.88. The lowest BCUT2D eigenvalue weighted by atomic mass is 9.74. The molecule has 1 atom stereocenters. The number of aryl methyl sites for hydroxylation is 1. The molecule has 2 aliphatic rings. The minimum atomic E-state index is 0.503. The van der Waals surface area contributed by atoms with Crippen LogP contribution in [-0.4, -0.2) is 31.2 Å². The summed E-state index contributed by atoms with van der Waals surface area (Å²) in [6.07, 6.45) is 7.37. The zero-order valence-electron chi connectivity index (χ0n) is 11.3. The highest BCUT2D eigenvalue weighted by atomic mass is 15.2. The first-order chi connectivity index (χ1) is 8.77. The van der Waals surface area contributed by atoms with Gasteiger partial charge in [0.1, 0.15) is 5.82 Å². The maximum Gasteiger partial charge on any atom is 0.128 e.